The van der Waals surface area contributed by atoms with Crippen molar-refractivity contribution in [3.05, 3.63) is 0 Å². The molecule has 2 fully saturated rings. The maximum atomic E-state index is 12.9. The molecule has 3 unspecified atom stereocenters. The number of nitrogens with zero attached hydrogens (tertiary/aromatic N) is 2. The van der Waals surface area contributed by atoms with E-state index in [1.807, 2.05) is 13.8 Å². The molecule has 130 valence electrons. The van der Waals surface area contributed by atoms with Crippen molar-refractivity contribution in [2.75, 3.05) is 19.6 Å². The smallest absolute Gasteiger partial charge is 0.308 e. The Morgan fingerprint density at radius 1 is 1.09 bits per heavy atom. The zero-order chi connectivity index (χ0) is 17.0. The van der Waals surface area contributed by atoms with Crippen LogP contribution in [0.25, 0.3) is 0 Å². The minimum atomic E-state index is -0.821. The molecule has 0 radical (unpaired) electrons. The second-order valence-electron chi connectivity index (χ2n) is 6.88. The number of rotatable bonds is 4. The summed E-state index contributed by atoms with van der Waals surface area (Å²) in [6.07, 6.45) is 4.34. The Hall–Kier alpha value is -1.59. The van der Waals surface area contributed by atoms with Crippen molar-refractivity contribution in [3.8, 4) is 0 Å². The lowest BCUT2D eigenvalue weighted by molar-refractivity contribution is -0.149. The summed E-state index contributed by atoms with van der Waals surface area (Å²) < 4.78 is 0. The van der Waals surface area contributed by atoms with Gasteiger partial charge in [0.15, 0.2) is 0 Å². The van der Waals surface area contributed by atoms with E-state index >= 15 is 0 Å². The van der Waals surface area contributed by atoms with Crippen molar-refractivity contribution < 1.29 is 19.5 Å². The summed E-state index contributed by atoms with van der Waals surface area (Å²) in [5, 5.41) is 9.22. The van der Waals surface area contributed by atoms with Crippen molar-refractivity contribution in [2.24, 2.45) is 11.8 Å². The number of hydrogen-bond donors (Lipinski definition) is 1. The van der Waals surface area contributed by atoms with Crippen LogP contribution in [0.1, 0.15) is 52.4 Å². The highest BCUT2D eigenvalue weighted by Gasteiger charge is 2.37. The third-order valence-electron chi connectivity index (χ3n) is 5.10. The number of hydrogen-bond acceptors (Lipinski definition) is 3. The fourth-order valence-electron chi connectivity index (χ4n) is 3.63. The van der Waals surface area contributed by atoms with Crippen LogP contribution in [0.2, 0.25) is 0 Å². The third-order valence-corrected chi connectivity index (χ3v) is 5.10. The second-order valence-corrected chi connectivity index (χ2v) is 6.88. The molecule has 1 N–H and O–H groups in total. The number of amides is 2. The predicted octanol–water partition coefficient (Wildman–Crippen LogP) is 1.74. The van der Waals surface area contributed by atoms with Gasteiger partial charge in [-0.3, -0.25) is 14.4 Å². The molecule has 3 atom stereocenters. The highest BCUT2D eigenvalue weighted by molar-refractivity contribution is 5.82. The maximum Gasteiger partial charge on any atom is 0.308 e. The molecule has 2 aliphatic rings. The number of carboxylic acid groups (broad SMARTS) is 1. The molecule has 0 aromatic rings. The van der Waals surface area contributed by atoms with Gasteiger partial charge in [-0.2, -0.15) is 0 Å². The third kappa shape index (κ3) is 4.24. The number of carbonyl (C=O) groups excluding carboxylic acids is 2. The predicted molar refractivity (Wildman–Crippen MR) is 85.7 cm³/mol. The molecule has 0 aromatic heterocycles. The summed E-state index contributed by atoms with van der Waals surface area (Å²) >= 11 is 0. The Morgan fingerprint density at radius 3 is 2.48 bits per heavy atom. The average molecular weight is 324 g/mol. The van der Waals surface area contributed by atoms with E-state index in [2.05, 4.69) is 0 Å². The summed E-state index contributed by atoms with van der Waals surface area (Å²) in [5.41, 5.74) is 0. The van der Waals surface area contributed by atoms with Crippen LogP contribution in [0.5, 0.6) is 0 Å². The van der Waals surface area contributed by atoms with Gasteiger partial charge in [-0.25, -0.2) is 0 Å². The number of carbonyl (C=O) groups is 3. The molecule has 2 saturated heterocycles. The fourth-order valence-corrected chi connectivity index (χ4v) is 3.63. The van der Waals surface area contributed by atoms with Crippen LogP contribution in [0.3, 0.4) is 0 Å². The lowest BCUT2D eigenvalue weighted by Crippen LogP contribution is -2.52. The van der Waals surface area contributed by atoms with E-state index in [1.54, 1.807) is 9.80 Å². The van der Waals surface area contributed by atoms with E-state index in [0.29, 0.717) is 25.9 Å². The summed E-state index contributed by atoms with van der Waals surface area (Å²) in [4.78, 5) is 39.7. The largest absolute Gasteiger partial charge is 0.481 e. The Kier molecular flexibility index (Phi) is 6.02. The van der Waals surface area contributed by atoms with Crippen molar-refractivity contribution in [1.29, 1.82) is 0 Å². The highest BCUT2D eigenvalue weighted by Crippen LogP contribution is 2.27. The summed E-state index contributed by atoms with van der Waals surface area (Å²) in [7, 11) is 0. The molecule has 0 aromatic carbocycles. The second kappa shape index (κ2) is 7.79. The van der Waals surface area contributed by atoms with Crippen LogP contribution in [0.4, 0.5) is 0 Å². The number of carboxylic acids is 1. The van der Waals surface area contributed by atoms with E-state index in [0.717, 1.165) is 32.2 Å². The van der Waals surface area contributed by atoms with Crippen LogP contribution in [-0.4, -0.2) is 58.4 Å². The number of aliphatic carboxylic acids is 1. The highest BCUT2D eigenvalue weighted by atomic mass is 16.4. The molecule has 6 nitrogen and oxygen atoms in total. The van der Waals surface area contributed by atoms with Gasteiger partial charge in [-0.05, 0) is 39.0 Å². The minimum absolute atomic E-state index is 0.0254. The van der Waals surface area contributed by atoms with Crippen molar-refractivity contribution in [1.82, 2.24) is 9.80 Å². The van der Waals surface area contributed by atoms with Gasteiger partial charge < -0.3 is 14.9 Å². The quantitative estimate of drug-likeness (QED) is 0.854. The molecule has 2 rings (SSSR count). The number of piperidine rings is 2. The van der Waals surface area contributed by atoms with Gasteiger partial charge in [0.2, 0.25) is 11.8 Å². The molecule has 2 aliphatic heterocycles. The first-order valence-electron chi connectivity index (χ1n) is 8.75. The molecule has 0 saturated carbocycles. The molecule has 0 aliphatic carbocycles. The van der Waals surface area contributed by atoms with E-state index in [4.69, 9.17) is 0 Å². The average Bonchev–Trinajstić information content (AvgIpc) is 2.54. The first-order chi connectivity index (χ1) is 10.9. The molecule has 0 bridgehead atoms. The van der Waals surface area contributed by atoms with Gasteiger partial charge in [0.25, 0.3) is 0 Å². The summed E-state index contributed by atoms with van der Waals surface area (Å²) in [5.74, 6) is -1.31. The van der Waals surface area contributed by atoms with Gasteiger partial charge in [0, 0.05) is 32.1 Å². The Balaban J connectivity index is 2.00. The lowest BCUT2D eigenvalue weighted by Gasteiger charge is -2.40. The van der Waals surface area contributed by atoms with Gasteiger partial charge in [0.1, 0.15) is 0 Å². The zero-order valence-corrected chi connectivity index (χ0v) is 14.2. The molecule has 6 heteroatoms. The topological polar surface area (TPSA) is 77.9 Å². The van der Waals surface area contributed by atoms with Crippen LogP contribution in [0.15, 0.2) is 0 Å². The monoisotopic (exact) mass is 324 g/mol. The van der Waals surface area contributed by atoms with Crippen LogP contribution < -0.4 is 0 Å². The first kappa shape index (κ1) is 17.8. The first-order valence-corrected chi connectivity index (χ1v) is 8.75. The SMILES string of the molecule is CCCC(=O)N1CCCC(C(=O)N2CC(C(=O)O)CCC2C)C1. The van der Waals surface area contributed by atoms with E-state index in [1.165, 1.54) is 0 Å². The molecular weight excluding hydrogens is 296 g/mol. The zero-order valence-electron chi connectivity index (χ0n) is 14.2. The van der Waals surface area contributed by atoms with Crippen LogP contribution in [-0.2, 0) is 14.4 Å². The molecular formula is C17H28N2O4. The Labute approximate surface area is 137 Å². The minimum Gasteiger partial charge on any atom is -0.481 e. The Morgan fingerprint density at radius 2 is 1.83 bits per heavy atom. The van der Waals surface area contributed by atoms with Gasteiger partial charge in [-0.1, -0.05) is 6.92 Å². The summed E-state index contributed by atoms with van der Waals surface area (Å²) in [6.45, 7) is 5.48. The lowest BCUT2D eigenvalue weighted by atomic mass is 9.90. The van der Waals surface area contributed by atoms with Crippen molar-refractivity contribution in [3.63, 3.8) is 0 Å². The van der Waals surface area contributed by atoms with Gasteiger partial charge in [-0.15, -0.1) is 0 Å². The van der Waals surface area contributed by atoms with Crippen LogP contribution >= 0.6 is 0 Å². The van der Waals surface area contributed by atoms with Gasteiger partial charge in [0.05, 0.1) is 11.8 Å². The van der Waals surface area contributed by atoms with Crippen LogP contribution in [0, 0.1) is 11.8 Å². The van der Waals surface area contributed by atoms with E-state index in [-0.39, 0.29) is 23.8 Å². The van der Waals surface area contributed by atoms with Crippen molar-refractivity contribution in [2.45, 2.75) is 58.4 Å². The maximum absolute atomic E-state index is 12.9. The number of likely N-dealkylation sites (tertiary alicyclic amines) is 2. The fraction of sp³-hybridized carbons (Fsp3) is 0.824. The van der Waals surface area contributed by atoms with Gasteiger partial charge >= 0.3 is 5.97 Å². The van der Waals surface area contributed by atoms with E-state index in [9.17, 15) is 19.5 Å². The Bertz CT molecular complexity index is 466. The summed E-state index contributed by atoms with van der Waals surface area (Å²) in [6, 6.07) is 0.0832. The molecule has 2 amide bonds. The molecule has 23 heavy (non-hydrogen) atoms. The standard InChI is InChI=1S/C17H28N2O4/c1-3-5-15(20)18-9-4-6-13(10-18)16(21)19-11-14(17(22)23)8-7-12(19)2/h12-14H,3-11H2,1-2H3,(H,22,23). The molecule has 0 spiro atoms. The van der Waals surface area contributed by atoms with Crippen molar-refractivity contribution >= 4 is 17.8 Å². The molecule has 2 heterocycles. The normalized spacial score (nSPS) is 28.5. The van der Waals surface area contributed by atoms with E-state index < -0.39 is 11.9 Å².